The van der Waals surface area contributed by atoms with Gasteiger partial charge in [-0.2, -0.15) is 0 Å². The van der Waals surface area contributed by atoms with Crippen LogP contribution >= 0.6 is 0 Å². The summed E-state index contributed by atoms with van der Waals surface area (Å²) in [7, 11) is 4.29. The maximum Gasteiger partial charge on any atom is 0.0192 e. The van der Waals surface area contributed by atoms with Gasteiger partial charge in [0.2, 0.25) is 0 Å². The van der Waals surface area contributed by atoms with Gasteiger partial charge in [0.1, 0.15) is 0 Å². The lowest BCUT2D eigenvalue weighted by Crippen LogP contribution is -2.41. The largest absolute Gasteiger partial charge is 0.315 e. The quantitative estimate of drug-likeness (QED) is 0.573. The van der Waals surface area contributed by atoms with Crippen LogP contribution in [0.4, 0.5) is 0 Å². The second-order valence-corrected chi connectivity index (χ2v) is 6.02. The Labute approximate surface area is 115 Å². The van der Waals surface area contributed by atoms with E-state index in [1.54, 1.807) is 0 Å². The van der Waals surface area contributed by atoms with Crippen molar-refractivity contribution in [3.05, 3.63) is 0 Å². The molecule has 1 atom stereocenters. The van der Waals surface area contributed by atoms with Crippen LogP contribution in [0.1, 0.15) is 40.5 Å². The van der Waals surface area contributed by atoms with E-state index in [1.165, 1.54) is 25.9 Å². The van der Waals surface area contributed by atoms with Crippen LogP contribution in [0.5, 0.6) is 0 Å². The Hall–Kier alpha value is -0.120. The van der Waals surface area contributed by atoms with Crippen molar-refractivity contribution >= 4 is 0 Å². The first kappa shape index (κ1) is 17.9. The molecule has 0 radical (unpaired) electrons. The molecule has 0 saturated heterocycles. The maximum absolute atomic E-state index is 3.58. The number of rotatable bonds is 11. The van der Waals surface area contributed by atoms with Gasteiger partial charge in [0.25, 0.3) is 0 Å². The Morgan fingerprint density at radius 2 is 1.72 bits per heavy atom. The SMILES string of the molecule is CCN(CCCN(C)C)C(C)CNCCC(C)C. The van der Waals surface area contributed by atoms with Crippen molar-refractivity contribution in [2.24, 2.45) is 5.92 Å². The van der Waals surface area contributed by atoms with Crippen LogP contribution in [0.3, 0.4) is 0 Å². The summed E-state index contributed by atoms with van der Waals surface area (Å²) < 4.78 is 0. The molecule has 0 spiro atoms. The first-order valence-corrected chi connectivity index (χ1v) is 7.56. The van der Waals surface area contributed by atoms with Crippen molar-refractivity contribution in [2.45, 2.75) is 46.6 Å². The number of nitrogens with one attached hydrogen (secondary N) is 1. The predicted octanol–water partition coefficient (Wildman–Crippen LogP) is 2.28. The molecule has 1 N–H and O–H groups in total. The molecular weight excluding hydrogens is 222 g/mol. The highest BCUT2D eigenvalue weighted by molar-refractivity contribution is 4.69. The Kier molecular flexibility index (Phi) is 10.7. The summed E-state index contributed by atoms with van der Waals surface area (Å²) in [5.74, 6) is 0.801. The molecule has 0 aliphatic rings. The molecule has 3 heteroatoms. The molecule has 0 saturated carbocycles. The molecule has 18 heavy (non-hydrogen) atoms. The van der Waals surface area contributed by atoms with Gasteiger partial charge in [-0.1, -0.05) is 20.8 Å². The Bertz CT molecular complexity index is 181. The molecule has 0 heterocycles. The summed E-state index contributed by atoms with van der Waals surface area (Å²) in [5.41, 5.74) is 0. The van der Waals surface area contributed by atoms with E-state index in [0.717, 1.165) is 25.6 Å². The lowest BCUT2D eigenvalue weighted by atomic mass is 10.1. The normalized spacial score (nSPS) is 13.8. The minimum Gasteiger partial charge on any atom is -0.315 e. The van der Waals surface area contributed by atoms with Crippen molar-refractivity contribution in [3.63, 3.8) is 0 Å². The van der Waals surface area contributed by atoms with Crippen LogP contribution in [-0.4, -0.2) is 62.7 Å². The molecule has 0 aliphatic heterocycles. The molecule has 3 nitrogen and oxygen atoms in total. The first-order valence-electron chi connectivity index (χ1n) is 7.56. The molecule has 0 aromatic rings. The van der Waals surface area contributed by atoms with Crippen LogP contribution in [-0.2, 0) is 0 Å². The van der Waals surface area contributed by atoms with E-state index in [4.69, 9.17) is 0 Å². The van der Waals surface area contributed by atoms with E-state index in [-0.39, 0.29) is 0 Å². The van der Waals surface area contributed by atoms with Crippen molar-refractivity contribution in [2.75, 3.05) is 46.8 Å². The van der Waals surface area contributed by atoms with Gasteiger partial charge in [0.05, 0.1) is 0 Å². The number of likely N-dealkylation sites (N-methyl/N-ethyl adjacent to an activating group) is 1. The zero-order valence-corrected chi connectivity index (χ0v) is 13.5. The van der Waals surface area contributed by atoms with Crippen LogP contribution < -0.4 is 5.32 Å². The average molecular weight is 257 g/mol. The Morgan fingerprint density at radius 1 is 1.06 bits per heavy atom. The molecule has 0 aliphatic carbocycles. The molecule has 0 fully saturated rings. The summed E-state index contributed by atoms with van der Waals surface area (Å²) in [6.07, 6.45) is 2.54. The zero-order valence-electron chi connectivity index (χ0n) is 13.5. The van der Waals surface area contributed by atoms with E-state index in [0.29, 0.717) is 6.04 Å². The minimum absolute atomic E-state index is 0.643. The van der Waals surface area contributed by atoms with Gasteiger partial charge in [-0.3, -0.25) is 4.90 Å². The summed E-state index contributed by atoms with van der Waals surface area (Å²) in [6, 6.07) is 0.643. The third-order valence-corrected chi connectivity index (χ3v) is 3.42. The van der Waals surface area contributed by atoms with Crippen LogP contribution in [0, 0.1) is 5.92 Å². The number of hydrogen-bond acceptors (Lipinski definition) is 3. The molecule has 110 valence electrons. The van der Waals surface area contributed by atoms with E-state index < -0.39 is 0 Å². The molecule has 0 aromatic carbocycles. The van der Waals surface area contributed by atoms with Crippen molar-refractivity contribution in [3.8, 4) is 0 Å². The summed E-state index contributed by atoms with van der Waals surface area (Å²) in [4.78, 5) is 4.84. The van der Waals surface area contributed by atoms with Gasteiger partial charge >= 0.3 is 0 Å². The fourth-order valence-electron chi connectivity index (χ4n) is 2.11. The highest BCUT2D eigenvalue weighted by Gasteiger charge is 2.11. The summed E-state index contributed by atoms with van der Waals surface area (Å²) >= 11 is 0. The van der Waals surface area contributed by atoms with E-state index in [1.807, 2.05) is 0 Å². The number of hydrogen-bond donors (Lipinski definition) is 1. The smallest absolute Gasteiger partial charge is 0.0192 e. The lowest BCUT2D eigenvalue weighted by Gasteiger charge is -2.28. The Morgan fingerprint density at radius 3 is 2.22 bits per heavy atom. The topological polar surface area (TPSA) is 18.5 Å². The third kappa shape index (κ3) is 9.86. The molecule has 0 amide bonds. The van der Waals surface area contributed by atoms with Gasteiger partial charge in [-0.05, 0) is 66.0 Å². The molecule has 0 bridgehead atoms. The van der Waals surface area contributed by atoms with E-state index >= 15 is 0 Å². The van der Waals surface area contributed by atoms with Gasteiger partial charge < -0.3 is 10.2 Å². The monoisotopic (exact) mass is 257 g/mol. The zero-order chi connectivity index (χ0) is 14.0. The second-order valence-electron chi connectivity index (χ2n) is 6.02. The van der Waals surface area contributed by atoms with Gasteiger partial charge in [-0.15, -0.1) is 0 Å². The minimum atomic E-state index is 0.643. The molecule has 0 rings (SSSR count). The van der Waals surface area contributed by atoms with E-state index in [2.05, 4.69) is 56.9 Å². The molecule has 1 unspecified atom stereocenters. The van der Waals surface area contributed by atoms with Crippen LogP contribution in [0.15, 0.2) is 0 Å². The third-order valence-electron chi connectivity index (χ3n) is 3.42. The predicted molar refractivity (Wildman–Crippen MR) is 82.2 cm³/mol. The Balaban J connectivity index is 3.71. The van der Waals surface area contributed by atoms with Gasteiger partial charge in [0, 0.05) is 12.6 Å². The maximum atomic E-state index is 3.58. The van der Waals surface area contributed by atoms with Crippen molar-refractivity contribution in [1.82, 2.24) is 15.1 Å². The summed E-state index contributed by atoms with van der Waals surface area (Å²) in [6.45, 7) is 15.0. The lowest BCUT2D eigenvalue weighted by molar-refractivity contribution is 0.203. The van der Waals surface area contributed by atoms with Crippen LogP contribution in [0.25, 0.3) is 0 Å². The molecular formula is C15H35N3. The highest BCUT2D eigenvalue weighted by atomic mass is 15.2. The summed E-state index contributed by atoms with van der Waals surface area (Å²) in [5, 5.41) is 3.58. The fourth-order valence-corrected chi connectivity index (χ4v) is 2.11. The average Bonchev–Trinajstić information content (AvgIpc) is 2.29. The van der Waals surface area contributed by atoms with Gasteiger partial charge in [0.15, 0.2) is 0 Å². The molecule has 0 aromatic heterocycles. The van der Waals surface area contributed by atoms with Crippen LogP contribution in [0.2, 0.25) is 0 Å². The van der Waals surface area contributed by atoms with Crippen molar-refractivity contribution in [1.29, 1.82) is 0 Å². The second kappa shape index (κ2) is 10.8. The standard InChI is InChI=1S/C15H35N3/c1-7-18(12-8-11-17(5)6)15(4)13-16-10-9-14(2)3/h14-16H,7-13H2,1-6H3. The van der Waals surface area contributed by atoms with E-state index in [9.17, 15) is 0 Å². The number of nitrogens with zero attached hydrogens (tertiary/aromatic N) is 2. The fraction of sp³-hybridized carbons (Fsp3) is 1.00. The van der Waals surface area contributed by atoms with Crippen molar-refractivity contribution < 1.29 is 0 Å². The van der Waals surface area contributed by atoms with Gasteiger partial charge in [-0.25, -0.2) is 0 Å². The highest BCUT2D eigenvalue weighted by Crippen LogP contribution is 2.01. The first-order chi connectivity index (χ1) is 8.47.